The number of nitrogens with one attached hydrogen (secondary N) is 1. The van der Waals surface area contributed by atoms with Gasteiger partial charge in [-0.3, -0.25) is 4.79 Å². The molecule has 1 heterocycles. The highest BCUT2D eigenvalue weighted by Gasteiger charge is 2.10. The third kappa shape index (κ3) is 2.79. The Hall–Kier alpha value is -3.02. The summed E-state index contributed by atoms with van der Waals surface area (Å²) in [6, 6.07) is 12.6. The fraction of sp³-hybridized carbons (Fsp3) is 0. The largest absolute Gasteiger partial charge is 0.423 e. The highest BCUT2D eigenvalue weighted by Crippen LogP contribution is 2.18. The van der Waals surface area contributed by atoms with E-state index in [4.69, 9.17) is 4.42 Å². The average Bonchev–Trinajstić information content (AvgIpc) is 3.04. The fourth-order valence-electron chi connectivity index (χ4n) is 1.82. The molecular weight excluding hydrogens is 273 g/mol. The van der Waals surface area contributed by atoms with E-state index in [0.717, 1.165) is 0 Å². The molecule has 5 nitrogen and oxygen atoms in total. The first kappa shape index (κ1) is 13.0. The molecule has 0 spiro atoms. The number of hydrogen-bond acceptors (Lipinski definition) is 4. The number of amides is 1. The summed E-state index contributed by atoms with van der Waals surface area (Å²) in [6.07, 6.45) is 1.23. The molecule has 0 unspecified atom stereocenters. The number of hydrogen-bond donors (Lipinski definition) is 1. The molecule has 1 amide bonds. The van der Waals surface area contributed by atoms with E-state index in [9.17, 15) is 9.18 Å². The van der Waals surface area contributed by atoms with Crippen molar-refractivity contribution >= 4 is 11.6 Å². The van der Waals surface area contributed by atoms with Gasteiger partial charge >= 0.3 is 0 Å². The monoisotopic (exact) mass is 283 g/mol. The maximum atomic E-state index is 13.5. The van der Waals surface area contributed by atoms with Crippen molar-refractivity contribution in [3.8, 4) is 11.5 Å². The molecule has 6 heteroatoms. The Bertz CT molecular complexity index is 755. The predicted octanol–water partition coefficient (Wildman–Crippen LogP) is 3.13. The zero-order valence-electron chi connectivity index (χ0n) is 10.8. The quantitative estimate of drug-likeness (QED) is 0.801. The molecule has 0 atom stereocenters. The van der Waals surface area contributed by atoms with E-state index in [1.165, 1.54) is 18.5 Å². The normalized spacial score (nSPS) is 10.3. The topological polar surface area (TPSA) is 68.0 Å². The van der Waals surface area contributed by atoms with Gasteiger partial charge in [0.2, 0.25) is 12.3 Å². The van der Waals surface area contributed by atoms with Crippen molar-refractivity contribution in [3.05, 3.63) is 66.3 Å². The highest BCUT2D eigenvalue weighted by molar-refractivity contribution is 6.04. The molecule has 0 saturated carbocycles. The van der Waals surface area contributed by atoms with Gasteiger partial charge in [-0.05, 0) is 36.4 Å². The zero-order valence-corrected chi connectivity index (χ0v) is 10.8. The standard InChI is InChI=1S/C15H10FN3O2/c16-12-3-1-2-4-13(12)18-14(20)10-5-7-11(8-6-10)15-19-17-9-21-15/h1-9H,(H,18,20). The number of halogens is 1. The van der Waals surface area contributed by atoms with E-state index in [-0.39, 0.29) is 5.69 Å². The van der Waals surface area contributed by atoms with Gasteiger partial charge in [0.15, 0.2) is 0 Å². The lowest BCUT2D eigenvalue weighted by Gasteiger charge is -2.06. The molecule has 0 aliphatic carbocycles. The molecule has 2 aromatic carbocycles. The lowest BCUT2D eigenvalue weighted by atomic mass is 10.1. The summed E-state index contributed by atoms with van der Waals surface area (Å²) >= 11 is 0. The molecule has 21 heavy (non-hydrogen) atoms. The average molecular weight is 283 g/mol. The molecule has 1 N–H and O–H groups in total. The lowest BCUT2D eigenvalue weighted by Crippen LogP contribution is -2.12. The number of para-hydroxylation sites is 1. The van der Waals surface area contributed by atoms with Crippen molar-refractivity contribution in [2.24, 2.45) is 0 Å². The number of nitrogens with zero attached hydrogens (tertiary/aromatic N) is 2. The van der Waals surface area contributed by atoms with Gasteiger partial charge in [-0.15, -0.1) is 10.2 Å². The first-order valence-electron chi connectivity index (χ1n) is 6.16. The summed E-state index contributed by atoms with van der Waals surface area (Å²) in [4.78, 5) is 12.0. The highest BCUT2D eigenvalue weighted by atomic mass is 19.1. The summed E-state index contributed by atoms with van der Waals surface area (Å²) in [5.41, 5.74) is 1.25. The van der Waals surface area contributed by atoms with Gasteiger partial charge in [0.05, 0.1) is 5.69 Å². The van der Waals surface area contributed by atoms with E-state index < -0.39 is 11.7 Å². The predicted molar refractivity (Wildman–Crippen MR) is 74.1 cm³/mol. The number of benzene rings is 2. The summed E-state index contributed by atoms with van der Waals surface area (Å²) in [5, 5.41) is 9.87. The van der Waals surface area contributed by atoms with Gasteiger partial charge in [-0.1, -0.05) is 12.1 Å². The number of anilines is 1. The Morgan fingerprint density at radius 3 is 2.52 bits per heavy atom. The van der Waals surface area contributed by atoms with Gasteiger partial charge in [0.1, 0.15) is 5.82 Å². The minimum Gasteiger partial charge on any atom is -0.423 e. The van der Waals surface area contributed by atoms with Crippen LogP contribution in [0.25, 0.3) is 11.5 Å². The smallest absolute Gasteiger partial charge is 0.255 e. The van der Waals surface area contributed by atoms with Crippen molar-refractivity contribution < 1.29 is 13.6 Å². The van der Waals surface area contributed by atoms with E-state index in [0.29, 0.717) is 17.0 Å². The summed E-state index contributed by atoms with van der Waals surface area (Å²) < 4.78 is 18.5. The second kappa shape index (κ2) is 5.54. The van der Waals surface area contributed by atoms with Crippen LogP contribution in [-0.4, -0.2) is 16.1 Å². The molecule has 104 valence electrons. The second-order valence-corrected chi connectivity index (χ2v) is 4.26. The van der Waals surface area contributed by atoms with Gasteiger partial charge < -0.3 is 9.73 Å². The first-order chi connectivity index (χ1) is 10.2. The number of carbonyl (C=O) groups excluding carboxylic acids is 1. The Morgan fingerprint density at radius 2 is 1.86 bits per heavy atom. The molecule has 0 aliphatic rings. The van der Waals surface area contributed by atoms with Crippen LogP contribution in [0.2, 0.25) is 0 Å². The maximum Gasteiger partial charge on any atom is 0.255 e. The fourth-order valence-corrected chi connectivity index (χ4v) is 1.82. The molecule has 0 saturated heterocycles. The van der Waals surface area contributed by atoms with Crippen LogP contribution in [0.15, 0.2) is 59.3 Å². The van der Waals surface area contributed by atoms with Gasteiger partial charge in [-0.2, -0.15) is 0 Å². The summed E-state index contributed by atoms with van der Waals surface area (Å²) in [6.45, 7) is 0. The Kier molecular flexibility index (Phi) is 3.42. The van der Waals surface area contributed by atoms with Crippen LogP contribution in [-0.2, 0) is 0 Å². The van der Waals surface area contributed by atoms with Crippen molar-refractivity contribution in [1.82, 2.24) is 10.2 Å². The van der Waals surface area contributed by atoms with Crippen molar-refractivity contribution in [2.75, 3.05) is 5.32 Å². The van der Waals surface area contributed by atoms with Crippen LogP contribution in [0.4, 0.5) is 10.1 Å². The van der Waals surface area contributed by atoms with E-state index in [1.54, 1.807) is 36.4 Å². The minimum atomic E-state index is -0.478. The molecular formula is C15H10FN3O2. The van der Waals surface area contributed by atoms with E-state index in [2.05, 4.69) is 15.5 Å². The van der Waals surface area contributed by atoms with Gasteiger partial charge in [0, 0.05) is 11.1 Å². The molecule has 0 aliphatic heterocycles. The second-order valence-electron chi connectivity index (χ2n) is 4.26. The van der Waals surface area contributed by atoms with Crippen molar-refractivity contribution in [1.29, 1.82) is 0 Å². The van der Waals surface area contributed by atoms with E-state index >= 15 is 0 Å². The van der Waals surface area contributed by atoms with Crippen LogP contribution >= 0.6 is 0 Å². The molecule has 0 bridgehead atoms. The number of rotatable bonds is 3. The molecule has 3 rings (SSSR count). The Morgan fingerprint density at radius 1 is 1.10 bits per heavy atom. The minimum absolute atomic E-state index is 0.142. The zero-order chi connectivity index (χ0) is 14.7. The van der Waals surface area contributed by atoms with Gasteiger partial charge in [-0.25, -0.2) is 4.39 Å². The van der Waals surface area contributed by atoms with Crippen LogP contribution in [0, 0.1) is 5.82 Å². The van der Waals surface area contributed by atoms with Gasteiger partial charge in [0.25, 0.3) is 5.91 Å². The third-order valence-corrected chi connectivity index (χ3v) is 2.88. The molecule has 0 radical (unpaired) electrons. The molecule has 0 fully saturated rings. The van der Waals surface area contributed by atoms with Crippen LogP contribution in [0.1, 0.15) is 10.4 Å². The SMILES string of the molecule is O=C(Nc1ccccc1F)c1ccc(-c2nnco2)cc1. The summed E-state index contributed by atoms with van der Waals surface area (Å²) in [5.74, 6) is -0.499. The Labute approximate surface area is 119 Å². The number of aromatic nitrogens is 2. The molecule has 3 aromatic rings. The first-order valence-corrected chi connectivity index (χ1v) is 6.16. The van der Waals surface area contributed by atoms with Crippen LogP contribution in [0.5, 0.6) is 0 Å². The lowest BCUT2D eigenvalue weighted by molar-refractivity contribution is 0.102. The van der Waals surface area contributed by atoms with Crippen LogP contribution in [0.3, 0.4) is 0 Å². The Balaban J connectivity index is 1.78. The number of carbonyl (C=O) groups is 1. The molecule has 1 aromatic heterocycles. The summed E-state index contributed by atoms with van der Waals surface area (Å²) in [7, 11) is 0. The third-order valence-electron chi connectivity index (χ3n) is 2.88. The van der Waals surface area contributed by atoms with Crippen molar-refractivity contribution in [2.45, 2.75) is 0 Å². The maximum absolute atomic E-state index is 13.5. The van der Waals surface area contributed by atoms with E-state index in [1.807, 2.05) is 0 Å². The van der Waals surface area contributed by atoms with Crippen molar-refractivity contribution in [3.63, 3.8) is 0 Å². The van der Waals surface area contributed by atoms with Crippen LogP contribution < -0.4 is 5.32 Å².